The Morgan fingerprint density at radius 1 is 1.38 bits per heavy atom. The summed E-state index contributed by atoms with van der Waals surface area (Å²) in [6.07, 6.45) is 1.59. The lowest BCUT2D eigenvalue weighted by molar-refractivity contribution is -0.167. The Morgan fingerprint density at radius 2 is 2.00 bits per heavy atom. The molecule has 0 radical (unpaired) electrons. The molecule has 1 rings (SSSR count). The molecule has 1 fully saturated rings. The highest BCUT2D eigenvalue weighted by atomic mass is 16.6. The predicted molar refractivity (Wildman–Crippen MR) is 49.4 cm³/mol. The fourth-order valence-electron chi connectivity index (χ4n) is 1.34. The molecule has 0 spiro atoms. The van der Waals surface area contributed by atoms with E-state index >= 15 is 0 Å². The van der Waals surface area contributed by atoms with Gasteiger partial charge in [-0.25, -0.2) is 4.79 Å². The van der Waals surface area contributed by atoms with Crippen molar-refractivity contribution in [1.29, 1.82) is 0 Å². The number of carbonyl (C=O) groups excluding carboxylic acids is 1. The lowest BCUT2D eigenvalue weighted by Crippen LogP contribution is -2.31. The Hall–Kier alpha value is -0.570. The molecule has 76 valence electrons. The summed E-state index contributed by atoms with van der Waals surface area (Å²) in [5.41, 5.74) is -0.410. The van der Waals surface area contributed by atoms with Gasteiger partial charge in [0.05, 0.1) is 6.10 Å². The van der Waals surface area contributed by atoms with Crippen LogP contribution in [0, 0.1) is 0 Å². The van der Waals surface area contributed by atoms with Gasteiger partial charge in [0.15, 0.2) is 6.10 Å². The van der Waals surface area contributed by atoms with E-state index in [1.54, 1.807) is 0 Å². The second-order valence-corrected chi connectivity index (χ2v) is 4.55. The highest BCUT2D eigenvalue weighted by Gasteiger charge is 2.31. The third kappa shape index (κ3) is 3.35. The zero-order valence-corrected chi connectivity index (χ0v) is 8.79. The van der Waals surface area contributed by atoms with Gasteiger partial charge >= 0.3 is 5.97 Å². The maximum Gasteiger partial charge on any atom is 0.335 e. The van der Waals surface area contributed by atoms with E-state index in [-0.39, 0.29) is 18.2 Å². The molecule has 1 aliphatic heterocycles. The number of hydrogen-bond donors (Lipinski definition) is 0. The summed E-state index contributed by atoms with van der Waals surface area (Å²) < 4.78 is 10.6. The van der Waals surface area contributed by atoms with Crippen molar-refractivity contribution in [3.8, 4) is 0 Å². The van der Waals surface area contributed by atoms with E-state index in [2.05, 4.69) is 0 Å². The molecule has 1 saturated heterocycles. The van der Waals surface area contributed by atoms with Crippen LogP contribution < -0.4 is 0 Å². The average Bonchev–Trinajstić information content (AvgIpc) is 2.31. The summed E-state index contributed by atoms with van der Waals surface area (Å²) in [6.45, 7) is 7.57. The highest BCUT2D eigenvalue weighted by molar-refractivity contribution is 5.75. The van der Waals surface area contributed by atoms with Crippen LogP contribution in [0.15, 0.2) is 0 Å². The quantitative estimate of drug-likeness (QED) is 0.587. The fraction of sp³-hybridized carbons (Fsp3) is 0.900. The Labute approximate surface area is 79.4 Å². The van der Waals surface area contributed by atoms with Crippen LogP contribution in [-0.4, -0.2) is 23.8 Å². The van der Waals surface area contributed by atoms with Crippen molar-refractivity contribution in [2.24, 2.45) is 0 Å². The smallest absolute Gasteiger partial charge is 0.335 e. The standard InChI is InChI=1S/C10H18O3/c1-7-5-6-8(12-7)9(11)13-10(2,3)4/h7-8H,5-6H2,1-4H3/t7-,8-/m0/s1. The van der Waals surface area contributed by atoms with Crippen LogP contribution in [0.3, 0.4) is 0 Å². The lowest BCUT2D eigenvalue weighted by atomic mass is 10.1. The normalized spacial score (nSPS) is 28.9. The van der Waals surface area contributed by atoms with Gasteiger partial charge in [-0.3, -0.25) is 0 Å². The number of ether oxygens (including phenoxy) is 2. The van der Waals surface area contributed by atoms with Crippen LogP contribution in [0.2, 0.25) is 0 Å². The van der Waals surface area contributed by atoms with E-state index in [1.807, 2.05) is 27.7 Å². The topological polar surface area (TPSA) is 35.5 Å². The first-order valence-electron chi connectivity index (χ1n) is 4.77. The van der Waals surface area contributed by atoms with Gasteiger partial charge in [-0.15, -0.1) is 0 Å². The second-order valence-electron chi connectivity index (χ2n) is 4.55. The SMILES string of the molecule is C[C@H]1CC[C@@H](C(=O)OC(C)(C)C)O1. The third-order valence-electron chi connectivity index (χ3n) is 1.90. The van der Waals surface area contributed by atoms with Crippen LogP contribution in [0.1, 0.15) is 40.5 Å². The minimum Gasteiger partial charge on any atom is -0.458 e. The maximum absolute atomic E-state index is 11.5. The van der Waals surface area contributed by atoms with Gasteiger partial charge in [-0.1, -0.05) is 0 Å². The first-order chi connectivity index (χ1) is 5.88. The summed E-state index contributed by atoms with van der Waals surface area (Å²) in [7, 11) is 0. The Kier molecular flexibility index (Phi) is 2.96. The van der Waals surface area contributed by atoms with Crippen LogP contribution in [0.5, 0.6) is 0 Å². The summed E-state index contributed by atoms with van der Waals surface area (Å²) in [5.74, 6) is -0.225. The van der Waals surface area contributed by atoms with E-state index < -0.39 is 5.60 Å². The number of carbonyl (C=O) groups is 1. The zero-order chi connectivity index (χ0) is 10.1. The Bertz CT molecular complexity index is 193. The number of hydrogen-bond acceptors (Lipinski definition) is 3. The molecule has 0 aliphatic carbocycles. The molecule has 3 heteroatoms. The van der Waals surface area contributed by atoms with Gasteiger partial charge in [0.25, 0.3) is 0 Å². The molecule has 0 aromatic rings. The molecule has 0 aromatic carbocycles. The molecule has 0 aromatic heterocycles. The molecular weight excluding hydrogens is 168 g/mol. The van der Waals surface area contributed by atoms with Crippen LogP contribution in [-0.2, 0) is 14.3 Å². The molecule has 2 atom stereocenters. The molecule has 0 amide bonds. The Morgan fingerprint density at radius 3 is 2.38 bits per heavy atom. The predicted octanol–water partition coefficient (Wildman–Crippen LogP) is 1.90. The fourth-order valence-corrected chi connectivity index (χ4v) is 1.34. The van der Waals surface area contributed by atoms with Gasteiger partial charge in [0, 0.05) is 0 Å². The summed E-state index contributed by atoms with van der Waals surface area (Å²) >= 11 is 0. The van der Waals surface area contributed by atoms with Crippen molar-refractivity contribution in [2.45, 2.75) is 58.3 Å². The van der Waals surface area contributed by atoms with Crippen molar-refractivity contribution in [2.75, 3.05) is 0 Å². The Balaban J connectivity index is 2.41. The van der Waals surface area contributed by atoms with E-state index in [0.29, 0.717) is 0 Å². The molecule has 0 N–H and O–H groups in total. The summed E-state index contributed by atoms with van der Waals surface area (Å²) in [4.78, 5) is 11.5. The van der Waals surface area contributed by atoms with E-state index in [9.17, 15) is 4.79 Å². The molecule has 0 bridgehead atoms. The monoisotopic (exact) mass is 186 g/mol. The van der Waals surface area contributed by atoms with Crippen molar-refractivity contribution >= 4 is 5.97 Å². The molecular formula is C10H18O3. The molecule has 0 saturated carbocycles. The molecule has 1 heterocycles. The van der Waals surface area contributed by atoms with E-state index in [4.69, 9.17) is 9.47 Å². The van der Waals surface area contributed by atoms with E-state index in [1.165, 1.54) is 0 Å². The minimum absolute atomic E-state index is 0.192. The average molecular weight is 186 g/mol. The number of rotatable bonds is 1. The molecule has 13 heavy (non-hydrogen) atoms. The van der Waals surface area contributed by atoms with Gasteiger partial charge in [-0.05, 0) is 40.5 Å². The van der Waals surface area contributed by atoms with Crippen LogP contribution >= 0.6 is 0 Å². The largest absolute Gasteiger partial charge is 0.458 e. The summed E-state index contributed by atoms with van der Waals surface area (Å²) in [6, 6.07) is 0. The molecule has 0 unspecified atom stereocenters. The highest BCUT2D eigenvalue weighted by Crippen LogP contribution is 2.21. The van der Waals surface area contributed by atoms with Gasteiger partial charge in [0.1, 0.15) is 5.60 Å². The third-order valence-corrected chi connectivity index (χ3v) is 1.90. The van der Waals surface area contributed by atoms with Crippen molar-refractivity contribution in [3.63, 3.8) is 0 Å². The van der Waals surface area contributed by atoms with Gasteiger partial charge < -0.3 is 9.47 Å². The lowest BCUT2D eigenvalue weighted by Gasteiger charge is -2.21. The second kappa shape index (κ2) is 3.66. The molecule has 3 nitrogen and oxygen atoms in total. The van der Waals surface area contributed by atoms with E-state index in [0.717, 1.165) is 12.8 Å². The summed E-state index contributed by atoms with van der Waals surface area (Å²) in [5, 5.41) is 0. The zero-order valence-electron chi connectivity index (χ0n) is 8.79. The van der Waals surface area contributed by atoms with Gasteiger partial charge in [-0.2, -0.15) is 0 Å². The first-order valence-corrected chi connectivity index (χ1v) is 4.77. The molecule has 1 aliphatic rings. The van der Waals surface area contributed by atoms with Crippen LogP contribution in [0.4, 0.5) is 0 Å². The van der Waals surface area contributed by atoms with Crippen LogP contribution in [0.25, 0.3) is 0 Å². The van der Waals surface area contributed by atoms with Crippen molar-refractivity contribution in [1.82, 2.24) is 0 Å². The van der Waals surface area contributed by atoms with Crippen molar-refractivity contribution < 1.29 is 14.3 Å². The maximum atomic E-state index is 11.5. The van der Waals surface area contributed by atoms with Gasteiger partial charge in [0.2, 0.25) is 0 Å². The first kappa shape index (κ1) is 10.5. The number of esters is 1. The minimum atomic E-state index is -0.410. The van der Waals surface area contributed by atoms with Crippen molar-refractivity contribution in [3.05, 3.63) is 0 Å².